The number of aliphatic hydroxyl groups is 1. The fourth-order valence-corrected chi connectivity index (χ4v) is 2.13. The monoisotopic (exact) mass is 245 g/mol. The van der Waals surface area contributed by atoms with Gasteiger partial charge < -0.3 is 20.6 Å². The van der Waals surface area contributed by atoms with Crippen LogP contribution < -0.4 is 5.73 Å². The summed E-state index contributed by atoms with van der Waals surface area (Å²) in [5, 5.41) is 9.99. The van der Waals surface area contributed by atoms with Gasteiger partial charge in [0.25, 0.3) is 0 Å². The Labute approximate surface area is 107 Å². The Hall–Kier alpha value is -0.160. The second-order valence-corrected chi connectivity index (χ2v) is 5.54. The fraction of sp³-hybridized carbons (Fsp3) is 1.00. The molecule has 0 fully saturated rings. The molecule has 0 aromatic heterocycles. The Bertz CT molecular complexity index is 195. The molecule has 0 aliphatic carbocycles. The van der Waals surface area contributed by atoms with Crippen molar-refractivity contribution >= 4 is 0 Å². The number of nitrogens with two attached hydrogens (primary N) is 1. The molecule has 4 nitrogen and oxygen atoms in total. The molecular formula is C13H31N3O. The van der Waals surface area contributed by atoms with Gasteiger partial charge in [0.2, 0.25) is 0 Å². The zero-order chi connectivity index (χ0) is 13.5. The van der Waals surface area contributed by atoms with Crippen LogP contribution in [0.4, 0.5) is 0 Å². The maximum absolute atomic E-state index is 9.99. The molecule has 0 saturated heterocycles. The molecule has 0 saturated carbocycles. The summed E-state index contributed by atoms with van der Waals surface area (Å²) < 4.78 is 0. The van der Waals surface area contributed by atoms with Crippen molar-refractivity contribution in [1.82, 2.24) is 9.80 Å². The summed E-state index contributed by atoms with van der Waals surface area (Å²) in [6.45, 7) is 9.69. The summed E-state index contributed by atoms with van der Waals surface area (Å²) in [6.07, 6.45) is 1.90. The van der Waals surface area contributed by atoms with Gasteiger partial charge in [-0.05, 0) is 60.4 Å². The van der Waals surface area contributed by atoms with E-state index in [9.17, 15) is 5.11 Å². The summed E-state index contributed by atoms with van der Waals surface area (Å²) in [5.74, 6) is 0. The number of hydrogen-bond acceptors (Lipinski definition) is 4. The average Bonchev–Trinajstić information content (AvgIpc) is 2.23. The maximum atomic E-state index is 9.99. The highest BCUT2D eigenvalue weighted by atomic mass is 16.3. The van der Waals surface area contributed by atoms with Crippen LogP contribution >= 0.6 is 0 Å². The lowest BCUT2D eigenvalue weighted by molar-refractivity contribution is 0.0291. The third-order valence-corrected chi connectivity index (χ3v) is 3.26. The number of rotatable bonds is 9. The molecule has 0 radical (unpaired) electrons. The van der Waals surface area contributed by atoms with E-state index < -0.39 is 5.60 Å². The first-order valence-electron chi connectivity index (χ1n) is 6.63. The summed E-state index contributed by atoms with van der Waals surface area (Å²) in [4.78, 5) is 4.61. The van der Waals surface area contributed by atoms with Gasteiger partial charge in [-0.1, -0.05) is 6.92 Å². The first-order valence-corrected chi connectivity index (χ1v) is 6.63. The van der Waals surface area contributed by atoms with Crippen LogP contribution in [-0.2, 0) is 0 Å². The van der Waals surface area contributed by atoms with Crippen LogP contribution in [0.25, 0.3) is 0 Å². The normalized spacial score (nSPS) is 17.5. The van der Waals surface area contributed by atoms with Crippen molar-refractivity contribution in [3.8, 4) is 0 Å². The minimum Gasteiger partial charge on any atom is -0.389 e. The molecule has 0 bridgehead atoms. The summed E-state index contributed by atoms with van der Waals surface area (Å²) >= 11 is 0. The summed E-state index contributed by atoms with van der Waals surface area (Å²) in [6, 6.07) is 0.376. The van der Waals surface area contributed by atoms with E-state index >= 15 is 0 Å². The van der Waals surface area contributed by atoms with E-state index in [0.717, 1.165) is 32.5 Å². The quantitative estimate of drug-likeness (QED) is 0.629. The standard InChI is InChI=1S/C13H31N3O/c1-6-16(9-7-8-15(4)5)12(2)10-13(3,17)11-14/h12,17H,6-11,14H2,1-5H3. The zero-order valence-corrected chi connectivity index (χ0v) is 12.2. The molecule has 0 heterocycles. The molecular weight excluding hydrogens is 214 g/mol. The van der Waals surface area contributed by atoms with E-state index in [0.29, 0.717) is 12.6 Å². The highest BCUT2D eigenvalue weighted by Gasteiger charge is 2.24. The molecule has 0 aliphatic heterocycles. The van der Waals surface area contributed by atoms with Gasteiger partial charge in [-0.15, -0.1) is 0 Å². The lowest BCUT2D eigenvalue weighted by Gasteiger charge is -2.33. The molecule has 0 aromatic rings. The van der Waals surface area contributed by atoms with Gasteiger partial charge in [-0.3, -0.25) is 0 Å². The first kappa shape index (κ1) is 16.8. The van der Waals surface area contributed by atoms with Gasteiger partial charge in [0, 0.05) is 12.6 Å². The average molecular weight is 245 g/mol. The van der Waals surface area contributed by atoms with Crippen molar-refractivity contribution < 1.29 is 5.11 Å². The van der Waals surface area contributed by atoms with Crippen molar-refractivity contribution in [2.24, 2.45) is 5.73 Å². The minimum atomic E-state index is -0.742. The molecule has 0 aromatic carbocycles. The predicted molar refractivity (Wildman–Crippen MR) is 74.2 cm³/mol. The van der Waals surface area contributed by atoms with Crippen molar-refractivity contribution in [3.63, 3.8) is 0 Å². The number of hydrogen-bond donors (Lipinski definition) is 2. The molecule has 4 heteroatoms. The third kappa shape index (κ3) is 7.71. The minimum absolute atomic E-state index is 0.326. The lowest BCUT2D eigenvalue weighted by Crippen LogP contribution is -2.44. The van der Waals surface area contributed by atoms with E-state index in [1.807, 2.05) is 6.92 Å². The smallest absolute Gasteiger partial charge is 0.0756 e. The first-order chi connectivity index (χ1) is 7.82. The van der Waals surface area contributed by atoms with E-state index in [4.69, 9.17) is 5.73 Å². The molecule has 104 valence electrons. The highest BCUT2D eigenvalue weighted by molar-refractivity contribution is 4.80. The van der Waals surface area contributed by atoms with Gasteiger partial charge >= 0.3 is 0 Å². The molecule has 0 amide bonds. The van der Waals surface area contributed by atoms with Crippen molar-refractivity contribution in [1.29, 1.82) is 0 Å². The number of nitrogens with zero attached hydrogens (tertiary/aromatic N) is 2. The lowest BCUT2D eigenvalue weighted by atomic mass is 9.97. The van der Waals surface area contributed by atoms with Crippen LogP contribution in [0.15, 0.2) is 0 Å². The second kappa shape index (κ2) is 8.03. The van der Waals surface area contributed by atoms with Crippen LogP contribution in [0.3, 0.4) is 0 Å². The van der Waals surface area contributed by atoms with Gasteiger partial charge in [0.1, 0.15) is 0 Å². The molecule has 0 rings (SSSR count). The van der Waals surface area contributed by atoms with Gasteiger partial charge in [-0.25, -0.2) is 0 Å². The van der Waals surface area contributed by atoms with Crippen molar-refractivity contribution in [2.45, 2.75) is 45.3 Å². The SMILES string of the molecule is CCN(CCCN(C)C)C(C)CC(C)(O)CN. The Morgan fingerprint density at radius 1 is 1.29 bits per heavy atom. The van der Waals surface area contributed by atoms with E-state index in [-0.39, 0.29) is 0 Å². The van der Waals surface area contributed by atoms with Crippen molar-refractivity contribution in [3.05, 3.63) is 0 Å². The van der Waals surface area contributed by atoms with E-state index in [1.54, 1.807) is 0 Å². The van der Waals surface area contributed by atoms with Gasteiger partial charge in [0.05, 0.1) is 5.60 Å². The van der Waals surface area contributed by atoms with Crippen LogP contribution in [0.1, 0.15) is 33.6 Å². The van der Waals surface area contributed by atoms with Crippen LogP contribution in [-0.4, -0.2) is 66.8 Å². The molecule has 0 aliphatic rings. The third-order valence-electron chi connectivity index (χ3n) is 3.26. The van der Waals surface area contributed by atoms with E-state index in [2.05, 4.69) is 37.7 Å². The van der Waals surface area contributed by atoms with Crippen LogP contribution in [0, 0.1) is 0 Å². The molecule has 2 atom stereocenters. The second-order valence-electron chi connectivity index (χ2n) is 5.54. The van der Waals surface area contributed by atoms with Crippen LogP contribution in [0.5, 0.6) is 0 Å². The molecule has 17 heavy (non-hydrogen) atoms. The highest BCUT2D eigenvalue weighted by Crippen LogP contribution is 2.15. The van der Waals surface area contributed by atoms with Gasteiger partial charge in [-0.2, -0.15) is 0 Å². The zero-order valence-electron chi connectivity index (χ0n) is 12.2. The Morgan fingerprint density at radius 2 is 1.88 bits per heavy atom. The van der Waals surface area contributed by atoms with E-state index in [1.165, 1.54) is 0 Å². The Kier molecular flexibility index (Phi) is 7.96. The predicted octanol–water partition coefficient (Wildman–Crippen LogP) is 0.748. The molecule has 0 spiro atoms. The largest absolute Gasteiger partial charge is 0.389 e. The molecule has 3 N–H and O–H groups in total. The van der Waals surface area contributed by atoms with Crippen LogP contribution in [0.2, 0.25) is 0 Å². The summed E-state index contributed by atoms with van der Waals surface area (Å²) in [7, 11) is 4.19. The molecule has 2 unspecified atom stereocenters. The van der Waals surface area contributed by atoms with Gasteiger partial charge in [0.15, 0.2) is 0 Å². The maximum Gasteiger partial charge on any atom is 0.0756 e. The fourth-order valence-electron chi connectivity index (χ4n) is 2.13. The Morgan fingerprint density at radius 3 is 2.29 bits per heavy atom. The van der Waals surface area contributed by atoms with Crippen molar-refractivity contribution in [2.75, 3.05) is 40.3 Å². The Balaban J connectivity index is 4.07. The summed E-state index contributed by atoms with van der Waals surface area (Å²) in [5.41, 5.74) is 4.82. The topological polar surface area (TPSA) is 52.7 Å².